The average molecular weight is 336 g/mol. The number of fused-ring (bicyclic) bond motifs is 1. The number of pyridine rings is 1. The first-order valence-corrected chi connectivity index (χ1v) is 8.82. The van der Waals surface area contributed by atoms with Crippen LogP contribution in [0.2, 0.25) is 0 Å². The molecule has 4 heterocycles. The van der Waals surface area contributed by atoms with Crippen molar-refractivity contribution in [2.75, 3.05) is 0 Å². The summed E-state index contributed by atoms with van der Waals surface area (Å²) in [5.41, 5.74) is 3.66. The van der Waals surface area contributed by atoms with Gasteiger partial charge in [0.05, 0.1) is 34.4 Å². The number of imidazole rings is 1. The third kappa shape index (κ3) is 2.25. The first-order chi connectivity index (χ1) is 11.3. The minimum Gasteiger partial charge on any atom is -0.284 e. The third-order valence-electron chi connectivity index (χ3n) is 3.65. The van der Waals surface area contributed by atoms with Crippen LogP contribution >= 0.6 is 22.7 Å². The Kier molecular flexibility index (Phi) is 3.45. The Bertz CT molecular complexity index is 1000. The van der Waals surface area contributed by atoms with Crippen LogP contribution in [0.3, 0.4) is 0 Å². The number of hydrogen-bond acceptors (Lipinski definition) is 5. The van der Waals surface area contributed by atoms with E-state index in [1.807, 2.05) is 24.3 Å². The SMILES string of the molecule is Cc1sc2nc(-c3ccccn3)c(CC#N)n2c1-c1cccs1. The van der Waals surface area contributed by atoms with Crippen molar-refractivity contribution >= 4 is 27.6 Å². The highest BCUT2D eigenvalue weighted by atomic mass is 32.1. The molecular formula is C17H12N4S2. The lowest BCUT2D eigenvalue weighted by Crippen LogP contribution is -1.96. The van der Waals surface area contributed by atoms with Crippen molar-refractivity contribution in [3.8, 4) is 28.0 Å². The maximum Gasteiger partial charge on any atom is 0.195 e. The summed E-state index contributed by atoms with van der Waals surface area (Å²) in [5, 5.41) is 11.4. The average Bonchev–Trinajstić information content (AvgIpc) is 3.25. The van der Waals surface area contributed by atoms with E-state index in [4.69, 9.17) is 4.98 Å². The largest absolute Gasteiger partial charge is 0.284 e. The first-order valence-electron chi connectivity index (χ1n) is 7.12. The number of nitriles is 1. The van der Waals surface area contributed by atoms with Crippen LogP contribution in [0, 0.1) is 18.3 Å². The summed E-state index contributed by atoms with van der Waals surface area (Å²) in [7, 11) is 0. The van der Waals surface area contributed by atoms with Gasteiger partial charge in [-0.2, -0.15) is 5.26 Å². The molecule has 112 valence electrons. The second-order valence-electron chi connectivity index (χ2n) is 5.06. The maximum atomic E-state index is 9.29. The first kappa shape index (κ1) is 14.1. The standard InChI is InChI=1S/C17H12N4S2/c1-11-16(14-6-4-10-22-14)21-13(7-8-18)15(20-17(21)23-11)12-5-2-3-9-19-12/h2-6,9-10H,7H2,1H3. The summed E-state index contributed by atoms with van der Waals surface area (Å²) in [6, 6.07) is 12.2. The molecule has 0 unspecified atom stereocenters. The zero-order chi connectivity index (χ0) is 15.8. The summed E-state index contributed by atoms with van der Waals surface area (Å²) in [5.74, 6) is 0. The molecular weight excluding hydrogens is 324 g/mol. The van der Waals surface area contributed by atoms with E-state index in [0.29, 0.717) is 6.42 Å². The fourth-order valence-electron chi connectivity index (χ4n) is 2.72. The third-order valence-corrected chi connectivity index (χ3v) is 5.48. The summed E-state index contributed by atoms with van der Waals surface area (Å²) in [6.07, 6.45) is 2.06. The van der Waals surface area contributed by atoms with Crippen LogP contribution in [0.1, 0.15) is 10.6 Å². The molecule has 0 spiro atoms. The topological polar surface area (TPSA) is 54.0 Å². The molecule has 0 atom stereocenters. The molecule has 4 aromatic heterocycles. The van der Waals surface area contributed by atoms with E-state index in [0.717, 1.165) is 27.7 Å². The molecule has 0 amide bonds. The summed E-state index contributed by atoms with van der Waals surface area (Å²) in [6.45, 7) is 2.10. The molecule has 0 fully saturated rings. The Morgan fingerprint density at radius 3 is 2.87 bits per heavy atom. The van der Waals surface area contributed by atoms with Crippen molar-refractivity contribution in [3.63, 3.8) is 0 Å². The Balaban J connectivity index is 2.04. The molecule has 4 nitrogen and oxygen atoms in total. The van der Waals surface area contributed by atoms with E-state index in [1.54, 1.807) is 28.9 Å². The maximum absolute atomic E-state index is 9.29. The van der Waals surface area contributed by atoms with Crippen molar-refractivity contribution < 1.29 is 0 Å². The summed E-state index contributed by atoms with van der Waals surface area (Å²) >= 11 is 3.35. The van der Waals surface area contributed by atoms with Gasteiger partial charge in [-0.1, -0.05) is 12.1 Å². The van der Waals surface area contributed by atoms with Crippen LogP contribution in [-0.4, -0.2) is 14.4 Å². The van der Waals surface area contributed by atoms with Crippen molar-refractivity contribution in [2.45, 2.75) is 13.3 Å². The van der Waals surface area contributed by atoms with E-state index >= 15 is 0 Å². The zero-order valence-electron chi connectivity index (χ0n) is 12.4. The second kappa shape index (κ2) is 5.61. The number of rotatable bonds is 3. The van der Waals surface area contributed by atoms with E-state index in [2.05, 4.69) is 33.8 Å². The van der Waals surface area contributed by atoms with Crippen LogP contribution in [0.5, 0.6) is 0 Å². The lowest BCUT2D eigenvalue weighted by molar-refractivity contribution is 1.07. The monoisotopic (exact) mass is 336 g/mol. The molecule has 4 aromatic rings. The van der Waals surface area contributed by atoms with Crippen LogP contribution in [-0.2, 0) is 6.42 Å². The number of hydrogen-bond donors (Lipinski definition) is 0. The van der Waals surface area contributed by atoms with Crippen LogP contribution in [0.25, 0.3) is 26.9 Å². The van der Waals surface area contributed by atoms with Gasteiger partial charge in [-0.25, -0.2) is 4.98 Å². The predicted octanol–water partition coefficient (Wildman–Crippen LogP) is 4.56. The fraction of sp³-hybridized carbons (Fsp3) is 0.118. The van der Waals surface area contributed by atoms with Gasteiger partial charge in [-0.3, -0.25) is 9.38 Å². The molecule has 0 aromatic carbocycles. The second-order valence-corrected chi connectivity index (χ2v) is 7.19. The molecule has 0 N–H and O–H groups in total. The lowest BCUT2D eigenvalue weighted by Gasteiger charge is -2.04. The fourth-order valence-corrected chi connectivity index (χ4v) is 4.60. The summed E-state index contributed by atoms with van der Waals surface area (Å²) < 4.78 is 2.12. The quantitative estimate of drug-likeness (QED) is 0.551. The minimum absolute atomic E-state index is 0.307. The van der Waals surface area contributed by atoms with Gasteiger partial charge in [0.2, 0.25) is 0 Å². The summed E-state index contributed by atoms with van der Waals surface area (Å²) in [4.78, 5) is 12.5. The molecule has 0 aliphatic rings. The molecule has 0 saturated carbocycles. The van der Waals surface area contributed by atoms with E-state index in [1.165, 1.54) is 9.75 Å². The normalized spacial score (nSPS) is 11.0. The van der Waals surface area contributed by atoms with Crippen molar-refractivity contribution in [1.82, 2.24) is 14.4 Å². The van der Waals surface area contributed by atoms with Gasteiger partial charge in [-0.05, 0) is 30.5 Å². The number of aryl methyl sites for hydroxylation is 1. The van der Waals surface area contributed by atoms with Gasteiger partial charge in [0.25, 0.3) is 0 Å². The molecule has 4 rings (SSSR count). The van der Waals surface area contributed by atoms with Gasteiger partial charge in [-0.15, -0.1) is 22.7 Å². The van der Waals surface area contributed by atoms with Crippen LogP contribution in [0.4, 0.5) is 0 Å². The smallest absolute Gasteiger partial charge is 0.195 e. The van der Waals surface area contributed by atoms with Crippen molar-refractivity contribution in [2.24, 2.45) is 0 Å². The van der Waals surface area contributed by atoms with Crippen LogP contribution < -0.4 is 0 Å². The highest BCUT2D eigenvalue weighted by molar-refractivity contribution is 7.18. The van der Waals surface area contributed by atoms with Gasteiger partial charge in [0, 0.05) is 11.1 Å². The Hall–Kier alpha value is -2.49. The molecule has 23 heavy (non-hydrogen) atoms. The predicted molar refractivity (Wildman–Crippen MR) is 93.7 cm³/mol. The van der Waals surface area contributed by atoms with Gasteiger partial charge in [0.1, 0.15) is 5.69 Å². The number of nitrogens with zero attached hydrogens (tertiary/aromatic N) is 4. The van der Waals surface area contributed by atoms with Gasteiger partial charge in [0.15, 0.2) is 4.96 Å². The van der Waals surface area contributed by atoms with Crippen LogP contribution in [0.15, 0.2) is 41.9 Å². The molecule has 0 aliphatic heterocycles. The Labute approximate surface area is 141 Å². The van der Waals surface area contributed by atoms with Gasteiger partial charge < -0.3 is 0 Å². The molecule has 0 saturated heterocycles. The van der Waals surface area contributed by atoms with E-state index < -0.39 is 0 Å². The molecule has 0 aliphatic carbocycles. The minimum atomic E-state index is 0.307. The Morgan fingerprint density at radius 2 is 2.17 bits per heavy atom. The highest BCUT2D eigenvalue weighted by Crippen LogP contribution is 2.37. The number of aromatic nitrogens is 3. The molecule has 0 bridgehead atoms. The van der Waals surface area contributed by atoms with Crippen molar-refractivity contribution in [3.05, 3.63) is 52.5 Å². The van der Waals surface area contributed by atoms with Crippen molar-refractivity contribution in [1.29, 1.82) is 5.26 Å². The Morgan fingerprint density at radius 1 is 1.26 bits per heavy atom. The molecule has 0 radical (unpaired) electrons. The zero-order valence-corrected chi connectivity index (χ0v) is 14.0. The highest BCUT2D eigenvalue weighted by Gasteiger charge is 2.21. The molecule has 6 heteroatoms. The van der Waals surface area contributed by atoms with E-state index in [-0.39, 0.29) is 0 Å². The number of thiazole rings is 1. The number of thiophene rings is 1. The lowest BCUT2D eigenvalue weighted by atomic mass is 10.2. The van der Waals surface area contributed by atoms with E-state index in [9.17, 15) is 5.26 Å². The van der Waals surface area contributed by atoms with Gasteiger partial charge >= 0.3 is 0 Å².